The van der Waals surface area contributed by atoms with Crippen molar-refractivity contribution >= 4 is 17.5 Å². The molecule has 0 aromatic heterocycles. The normalized spacial score (nSPS) is 16.6. The van der Waals surface area contributed by atoms with E-state index >= 15 is 0 Å². The van der Waals surface area contributed by atoms with Crippen LogP contribution >= 0.6 is 0 Å². The molecule has 9 heteroatoms. The SMILES string of the molecule is O=C1c2cccc(N3CCN(Cc4ccccc4C(F)(F)F)CC3)c2C(=O)N1Cc1ccccc1F. The Kier molecular flexibility index (Phi) is 6.26. The lowest BCUT2D eigenvalue weighted by atomic mass is 10.0. The number of fused-ring (bicyclic) bond motifs is 1. The lowest BCUT2D eigenvalue weighted by Crippen LogP contribution is -2.46. The Bertz CT molecular complexity index is 1320. The number of alkyl halides is 3. The van der Waals surface area contributed by atoms with Gasteiger partial charge in [-0.2, -0.15) is 13.2 Å². The predicted molar refractivity (Wildman–Crippen MR) is 126 cm³/mol. The number of carbonyl (C=O) groups excluding carboxylic acids is 2. The van der Waals surface area contributed by atoms with Crippen LogP contribution in [0.2, 0.25) is 0 Å². The molecule has 2 amide bonds. The molecule has 0 bridgehead atoms. The Hall–Kier alpha value is -3.72. The summed E-state index contributed by atoms with van der Waals surface area (Å²) in [5.74, 6) is -1.43. The second kappa shape index (κ2) is 9.39. The van der Waals surface area contributed by atoms with Gasteiger partial charge < -0.3 is 4.90 Å². The zero-order valence-corrected chi connectivity index (χ0v) is 19.3. The van der Waals surface area contributed by atoms with Gasteiger partial charge in [0.1, 0.15) is 5.82 Å². The molecule has 0 atom stereocenters. The van der Waals surface area contributed by atoms with Gasteiger partial charge in [0.2, 0.25) is 0 Å². The van der Waals surface area contributed by atoms with Gasteiger partial charge in [0, 0.05) is 38.3 Å². The molecule has 0 aliphatic carbocycles. The summed E-state index contributed by atoms with van der Waals surface area (Å²) < 4.78 is 54.2. The summed E-state index contributed by atoms with van der Waals surface area (Å²) in [6.07, 6.45) is -4.41. The van der Waals surface area contributed by atoms with Crippen LogP contribution in [0, 0.1) is 5.82 Å². The number of anilines is 1. The standard InChI is InChI=1S/C27H23F4N3O2/c28-22-10-4-2-7-19(22)17-34-25(35)20-8-5-11-23(24(20)26(34)36)33-14-12-32(13-15-33)16-18-6-1-3-9-21(18)27(29,30)31/h1-11H,12-17H2. The number of hydrogen-bond donors (Lipinski definition) is 0. The van der Waals surface area contributed by atoms with E-state index in [9.17, 15) is 27.2 Å². The van der Waals surface area contributed by atoms with E-state index < -0.39 is 29.4 Å². The minimum absolute atomic E-state index is 0.162. The van der Waals surface area contributed by atoms with Crippen molar-refractivity contribution in [1.29, 1.82) is 0 Å². The summed E-state index contributed by atoms with van der Waals surface area (Å²) in [7, 11) is 0. The lowest BCUT2D eigenvalue weighted by molar-refractivity contribution is -0.138. The Labute approximate surface area is 205 Å². The minimum atomic E-state index is -4.41. The largest absolute Gasteiger partial charge is 0.416 e. The Morgan fingerprint density at radius 2 is 1.39 bits per heavy atom. The number of piperazine rings is 1. The fourth-order valence-corrected chi connectivity index (χ4v) is 4.84. The first-order chi connectivity index (χ1) is 17.2. The van der Waals surface area contributed by atoms with Gasteiger partial charge in [-0.05, 0) is 29.8 Å². The summed E-state index contributed by atoms with van der Waals surface area (Å²) in [5.41, 5.74) is 1.01. The van der Waals surface area contributed by atoms with Gasteiger partial charge >= 0.3 is 6.18 Å². The molecule has 0 spiro atoms. The Balaban J connectivity index is 1.31. The molecule has 1 fully saturated rings. The van der Waals surface area contributed by atoms with E-state index in [1.165, 1.54) is 24.3 Å². The van der Waals surface area contributed by atoms with E-state index in [0.29, 0.717) is 31.9 Å². The topological polar surface area (TPSA) is 43.9 Å². The average molecular weight is 497 g/mol. The van der Waals surface area contributed by atoms with E-state index in [4.69, 9.17) is 0 Å². The van der Waals surface area contributed by atoms with Crippen LogP contribution < -0.4 is 4.90 Å². The predicted octanol–water partition coefficient (Wildman–Crippen LogP) is 4.96. The first-order valence-electron chi connectivity index (χ1n) is 11.6. The van der Waals surface area contributed by atoms with Crippen LogP contribution in [0.4, 0.5) is 23.2 Å². The van der Waals surface area contributed by atoms with E-state index in [0.717, 1.165) is 11.0 Å². The van der Waals surface area contributed by atoms with Crippen molar-refractivity contribution in [2.45, 2.75) is 19.3 Å². The quantitative estimate of drug-likeness (QED) is 0.369. The Morgan fingerprint density at radius 3 is 2.08 bits per heavy atom. The van der Waals surface area contributed by atoms with Crippen molar-refractivity contribution in [3.05, 3.63) is 100 Å². The molecule has 0 N–H and O–H groups in total. The van der Waals surface area contributed by atoms with Crippen molar-refractivity contribution in [3.63, 3.8) is 0 Å². The second-order valence-electron chi connectivity index (χ2n) is 8.91. The summed E-state index contributed by atoms with van der Waals surface area (Å²) in [6, 6.07) is 16.6. The molecule has 1 saturated heterocycles. The van der Waals surface area contributed by atoms with Crippen LogP contribution in [0.1, 0.15) is 37.4 Å². The smallest absolute Gasteiger partial charge is 0.368 e. The maximum Gasteiger partial charge on any atom is 0.416 e. The summed E-state index contributed by atoms with van der Waals surface area (Å²) in [4.78, 5) is 31.2. The third-order valence-corrected chi connectivity index (χ3v) is 6.69. The van der Waals surface area contributed by atoms with Crippen LogP contribution in [-0.4, -0.2) is 47.8 Å². The number of benzene rings is 3. The molecule has 3 aromatic rings. The highest BCUT2D eigenvalue weighted by Gasteiger charge is 2.39. The molecule has 3 aromatic carbocycles. The van der Waals surface area contributed by atoms with Crippen LogP contribution in [0.5, 0.6) is 0 Å². The fourth-order valence-electron chi connectivity index (χ4n) is 4.84. The van der Waals surface area contributed by atoms with E-state index in [2.05, 4.69) is 0 Å². The van der Waals surface area contributed by atoms with Gasteiger partial charge in [0.25, 0.3) is 11.8 Å². The third kappa shape index (κ3) is 4.46. The molecule has 186 valence electrons. The van der Waals surface area contributed by atoms with E-state index in [1.807, 2.05) is 9.80 Å². The van der Waals surface area contributed by atoms with Crippen LogP contribution in [0.15, 0.2) is 66.7 Å². The molecular weight excluding hydrogens is 474 g/mol. The highest BCUT2D eigenvalue weighted by atomic mass is 19.4. The van der Waals surface area contributed by atoms with Gasteiger partial charge in [0.15, 0.2) is 0 Å². The van der Waals surface area contributed by atoms with Crippen LogP contribution in [0.3, 0.4) is 0 Å². The number of imide groups is 1. The van der Waals surface area contributed by atoms with Gasteiger partial charge in [-0.3, -0.25) is 19.4 Å². The molecule has 5 rings (SSSR count). The van der Waals surface area contributed by atoms with Crippen molar-refractivity contribution in [3.8, 4) is 0 Å². The lowest BCUT2D eigenvalue weighted by Gasteiger charge is -2.37. The summed E-state index contributed by atoms with van der Waals surface area (Å²) in [6.45, 7) is 1.97. The maximum atomic E-state index is 14.2. The molecule has 0 saturated carbocycles. The minimum Gasteiger partial charge on any atom is -0.368 e. The van der Waals surface area contributed by atoms with Crippen molar-refractivity contribution in [2.75, 3.05) is 31.1 Å². The molecule has 2 aliphatic rings. The molecule has 36 heavy (non-hydrogen) atoms. The second-order valence-corrected chi connectivity index (χ2v) is 8.91. The average Bonchev–Trinajstić information content (AvgIpc) is 3.10. The van der Waals surface area contributed by atoms with Crippen molar-refractivity contribution in [2.24, 2.45) is 0 Å². The van der Waals surface area contributed by atoms with Crippen molar-refractivity contribution < 1.29 is 27.2 Å². The number of rotatable bonds is 5. The van der Waals surface area contributed by atoms with E-state index in [-0.39, 0.29) is 35.3 Å². The fraction of sp³-hybridized carbons (Fsp3) is 0.259. The zero-order chi connectivity index (χ0) is 25.4. The van der Waals surface area contributed by atoms with Crippen LogP contribution in [0.25, 0.3) is 0 Å². The van der Waals surface area contributed by atoms with Gasteiger partial charge in [-0.15, -0.1) is 0 Å². The van der Waals surface area contributed by atoms with Crippen LogP contribution in [-0.2, 0) is 19.3 Å². The number of amides is 2. The van der Waals surface area contributed by atoms with E-state index in [1.54, 1.807) is 36.4 Å². The molecule has 2 aliphatic heterocycles. The molecule has 5 nitrogen and oxygen atoms in total. The first-order valence-corrected chi connectivity index (χ1v) is 11.6. The summed E-state index contributed by atoms with van der Waals surface area (Å²) in [5, 5.41) is 0. The molecule has 0 unspecified atom stereocenters. The third-order valence-electron chi connectivity index (χ3n) is 6.69. The number of halogens is 4. The molecular formula is C27H23F4N3O2. The number of nitrogens with zero attached hydrogens (tertiary/aromatic N) is 3. The molecule has 2 heterocycles. The van der Waals surface area contributed by atoms with Gasteiger partial charge in [0.05, 0.1) is 28.9 Å². The first kappa shape index (κ1) is 24.0. The number of carbonyl (C=O) groups is 2. The highest BCUT2D eigenvalue weighted by Crippen LogP contribution is 2.35. The monoisotopic (exact) mass is 497 g/mol. The summed E-state index contributed by atoms with van der Waals surface area (Å²) >= 11 is 0. The zero-order valence-electron chi connectivity index (χ0n) is 19.3. The Morgan fingerprint density at radius 1 is 0.722 bits per heavy atom. The highest BCUT2D eigenvalue weighted by molar-refractivity contribution is 6.23. The maximum absolute atomic E-state index is 14.2. The van der Waals surface area contributed by atoms with Gasteiger partial charge in [-0.1, -0.05) is 42.5 Å². The van der Waals surface area contributed by atoms with Gasteiger partial charge in [-0.25, -0.2) is 4.39 Å². The molecule has 0 radical (unpaired) electrons. The number of hydrogen-bond acceptors (Lipinski definition) is 4. The van der Waals surface area contributed by atoms with Crippen molar-refractivity contribution in [1.82, 2.24) is 9.80 Å².